The van der Waals surface area contributed by atoms with Gasteiger partial charge in [-0.2, -0.15) is 8.78 Å². The van der Waals surface area contributed by atoms with Crippen molar-refractivity contribution in [3.05, 3.63) is 102 Å². The van der Waals surface area contributed by atoms with Crippen molar-refractivity contribution >= 4 is 28.7 Å². The summed E-state index contributed by atoms with van der Waals surface area (Å²) in [5.74, 6) is -0.161. The van der Waals surface area contributed by atoms with Gasteiger partial charge in [-0.1, -0.05) is 43.8 Å². The number of pyridine rings is 1. The van der Waals surface area contributed by atoms with Crippen LogP contribution >= 0.6 is 0 Å². The van der Waals surface area contributed by atoms with Gasteiger partial charge in [-0.15, -0.1) is 0 Å². The Labute approximate surface area is 234 Å². The van der Waals surface area contributed by atoms with Crippen molar-refractivity contribution in [3.63, 3.8) is 0 Å². The number of aryl methyl sites for hydroxylation is 1. The number of nitrogens with one attached hydrogen (secondary N) is 1. The number of benzene rings is 2. The normalized spacial score (nSPS) is 14.4. The molecule has 0 bridgehead atoms. The van der Waals surface area contributed by atoms with E-state index in [1.807, 2.05) is 26.0 Å². The Morgan fingerprint density at radius 2 is 1.90 bits per heavy atom. The maximum atomic E-state index is 14.1. The van der Waals surface area contributed by atoms with Crippen molar-refractivity contribution in [1.29, 1.82) is 0 Å². The number of allylic oxidation sites excluding steroid dienone is 3. The van der Waals surface area contributed by atoms with Crippen LogP contribution in [0.15, 0.2) is 79.1 Å². The molecule has 5 nitrogen and oxygen atoms in total. The molecular weight excluding hydrogens is 513 g/mol. The van der Waals surface area contributed by atoms with E-state index in [0.29, 0.717) is 54.4 Å². The lowest BCUT2D eigenvalue weighted by atomic mass is 9.92. The first-order valence-corrected chi connectivity index (χ1v) is 13.5. The van der Waals surface area contributed by atoms with Gasteiger partial charge < -0.3 is 10.2 Å². The number of para-hydroxylation sites is 1. The Morgan fingerprint density at radius 1 is 1.18 bits per heavy atom. The van der Waals surface area contributed by atoms with E-state index in [1.165, 1.54) is 18.3 Å². The van der Waals surface area contributed by atoms with E-state index in [4.69, 9.17) is 0 Å². The molecule has 1 N–H and O–H groups in total. The Balaban J connectivity index is 1.49. The minimum atomic E-state index is -2.71. The van der Waals surface area contributed by atoms with E-state index >= 15 is 0 Å². The average Bonchev–Trinajstić information content (AvgIpc) is 2.94. The molecule has 0 unspecified atom stereocenters. The Morgan fingerprint density at radius 3 is 2.55 bits per heavy atom. The predicted octanol–water partition coefficient (Wildman–Crippen LogP) is 8.18. The van der Waals surface area contributed by atoms with Gasteiger partial charge >= 0.3 is 6.55 Å². The van der Waals surface area contributed by atoms with E-state index < -0.39 is 6.55 Å². The molecule has 0 radical (unpaired) electrons. The van der Waals surface area contributed by atoms with Crippen LogP contribution in [-0.2, 0) is 0 Å². The molecule has 0 spiro atoms. The fourth-order valence-electron chi connectivity index (χ4n) is 5.12. The number of likely N-dealkylation sites (tertiary alicyclic amines) is 1. The monoisotopic (exact) mass is 548 g/mol. The van der Waals surface area contributed by atoms with Crippen LogP contribution in [0.5, 0.6) is 0 Å². The first-order valence-electron chi connectivity index (χ1n) is 13.5. The van der Waals surface area contributed by atoms with Crippen molar-refractivity contribution in [2.24, 2.45) is 5.92 Å². The second-order valence-corrected chi connectivity index (χ2v) is 10.0. The zero-order valence-corrected chi connectivity index (χ0v) is 23.1. The van der Waals surface area contributed by atoms with Crippen LogP contribution in [-0.4, -0.2) is 35.4 Å². The molecule has 8 heteroatoms. The molecule has 2 aromatic carbocycles. The lowest BCUT2D eigenvalue weighted by molar-refractivity contribution is 0.0695. The second-order valence-electron chi connectivity index (χ2n) is 10.0. The van der Waals surface area contributed by atoms with E-state index in [-0.39, 0.29) is 17.6 Å². The molecule has 1 fully saturated rings. The quantitative estimate of drug-likeness (QED) is 0.274. The fourth-order valence-corrected chi connectivity index (χ4v) is 5.12. The molecule has 1 amide bonds. The fraction of sp³-hybridized carbons (Fsp3) is 0.312. The summed E-state index contributed by atoms with van der Waals surface area (Å²) in [6.07, 6.45) is 5.44. The van der Waals surface area contributed by atoms with Gasteiger partial charge in [0.1, 0.15) is 11.6 Å². The number of rotatable bonds is 9. The standard InChI is InChI=1S/C32H35F3N4O/c1-5-9-21(2)28-18-25(20-36-30(28)37-27-12-8-11-26(33)19-27)31(40)38-16-14-24(15-17-38)23(4)39(32(34)35)29-13-7-6-10-22(29)3/h6-13,18-20,24,32H,4-5,14-17H2,1-3H3,(H,36,37)/b21-9+. The summed E-state index contributed by atoms with van der Waals surface area (Å²) < 4.78 is 41.9. The Hall–Kier alpha value is -4.07. The van der Waals surface area contributed by atoms with Gasteiger partial charge in [0.25, 0.3) is 5.91 Å². The average molecular weight is 549 g/mol. The van der Waals surface area contributed by atoms with Crippen LogP contribution < -0.4 is 10.2 Å². The van der Waals surface area contributed by atoms with Crippen LogP contribution in [0.4, 0.5) is 30.4 Å². The topological polar surface area (TPSA) is 48.5 Å². The zero-order valence-electron chi connectivity index (χ0n) is 23.1. The summed E-state index contributed by atoms with van der Waals surface area (Å²) in [4.78, 5) is 20.8. The minimum Gasteiger partial charge on any atom is -0.340 e. The van der Waals surface area contributed by atoms with Gasteiger partial charge in [-0.3, -0.25) is 9.69 Å². The van der Waals surface area contributed by atoms with E-state index in [1.54, 1.807) is 48.2 Å². The lowest BCUT2D eigenvalue weighted by Crippen LogP contribution is -2.41. The van der Waals surface area contributed by atoms with Gasteiger partial charge in [0.05, 0.1) is 5.56 Å². The molecule has 0 atom stereocenters. The van der Waals surface area contributed by atoms with Gasteiger partial charge in [-0.05, 0) is 74.6 Å². The van der Waals surface area contributed by atoms with E-state index in [9.17, 15) is 18.0 Å². The molecule has 1 aliphatic heterocycles. The molecule has 3 aromatic rings. The molecule has 0 aliphatic carbocycles. The molecule has 40 heavy (non-hydrogen) atoms. The largest absolute Gasteiger partial charge is 0.340 e. The molecule has 4 rings (SSSR count). The third-order valence-electron chi connectivity index (χ3n) is 7.29. The first-order chi connectivity index (χ1) is 19.2. The predicted molar refractivity (Wildman–Crippen MR) is 155 cm³/mol. The summed E-state index contributed by atoms with van der Waals surface area (Å²) in [5.41, 5.74) is 4.27. The summed E-state index contributed by atoms with van der Waals surface area (Å²) in [6.45, 7) is 7.96. The van der Waals surface area contributed by atoms with Crippen molar-refractivity contribution in [1.82, 2.24) is 9.88 Å². The van der Waals surface area contributed by atoms with E-state index in [2.05, 4.69) is 16.9 Å². The minimum absolute atomic E-state index is 0.163. The molecule has 1 aromatic heterocycles. The molecular formula is C32H35F3N4O. The number of hydrogen-bond acceptors (Lipinski definition) is 4. The number of amides is 1. The summed E-state index contributed by atoms with van der Waals surface area (Å²) >= 11 is 0. The number of halogens is 3. The van der Waals surface area contributed by atoms with Gasteiger partial charge in [0.15, 0.2) is 0 Å². The summed E-state index contributed by atoms with van der Waals surface area (Å²) in [7, 11) is 0. The van der Waals surface area contributed by atoms with Crippen LogP contribution in [0, 0.1) is 18.7 Å². The molecule has 0 saturated carbocycles. The molecule has 1 saturated heterocycles. The maximum Gasteiger partial charge on any atom is 0.319 e. The number of carbonyl (C=O) groups excluding carboxylic acids is 1. The number of hydrogen-bond donors (Lipinski definition) is 1. The SMILES string of the molecule is C=C(C1CCN(C(=O)c2cnc(Nc3cccc(F)c3)c(/C(C)=C/CC)c2)CC1)N(c1ccccc1C)C(F)F. The number of alkyl halides is 2. The van der Waals surface area contributed by atoms with Crippen molar-refractivity contribution in [3.8, 4) is 0 Å². The van der Waals surface area contributed by atoms with Gasteiger partial charge in [-0.25, -0.2) is 9.37 Å². The molecule has 1 aliphatic rings. The summed E-state index contributed by atoms with van der Waals surface area (Å²) in [6, 6.07) is 15.0. The number of piperidine rings is 1. The first kappa shape index (κ1) is 28.9. The van der Waals surface area contributed by atoms with Crippen molar-refractivity contribution < 1.29 is 18.0 Å². The van der Waals surface area contributed by atoms with Crippen LogP contribution in [0.2, 0.25) is 0 Å². The van der Waals surface area contributed by atoms with Crippen LogP contribution in [0.3, 0.4) is 0 Å². The Kier molecular flexibility index (Phi) is 9.30. The number of nitrogens with zero attached hydrogens (tertiary/aromatic N) is 3. The number of anilines is 3. The van der Waals surface area contributed by atoms with Crippen LogP contribution in [0.1, 0.15) is 54.6 Å². The van der Waals surface area contributed by atoms with Crippen molar-refractivity contribution in [2.75, 3.05) is 23.3 Å². The maximum absolute atomic E-state index is 14.1. The van der Waals surface area contributed by atoms with Gasteiger partial charge in [0.2, 0.25) is 0 Å². The third-order valence-corrected chi connectivity index (χ3v) is 7.29. The van der Waals surface area contributed by atoms with E-state index in [0.717, 1.165) is 28.0 Å². The van der Waals surface area contributed by atoms with Gasteiger partial charge in [0, 0.05) is 47.8 Å². The zero-order chi connectivity index (χ0) is 28.8. The smallest absolute Gasteiger partial charge is 0.319 e. The second kappa shape index (κ2) is 12.9. The highest BCUT2D eigenvalue weighted by Gasteiger charge is 2.31. The van der Waals surface area contributed by atoms with Crippen LogP contribution in [0.25, 0.3) is 5.57 Å². The Bertz CT molecular complexity index is 1400. The van der Waals surface area contributed by atoms with Crippen molar-refractivity contribution in [2.45, 2.75) is 46.6 Å². The highest BCUT2D eigenvalue weighted by Crippen LogP contribution is 2.34. The molecule has 2 heterocycles. The summed E-state index contributed by atoms with van der Waals surface area (Å²) in [5, 5.41) is 3.16. The molecule has 210 valence electrons. The highest BCUT2D eigenvalue weighted by atomic mass is 19.3. The highest BCUT2D eigenvalue weighted by molar-refractivity contribution is 5.95. The number of carbonyl (C=O) groups is 1. The number of aromatic nitrogens is 1. The lowest BCUT2D eigenvalue weighted by Gasteiger charge is -2.37. The third kappa shape index (κ3) is 6.55.